The van der Waals surface area contributed by atoms with Gasteiger partial charge in [-0.15, -0.1) is 0 Å². The number of aliphatic carboxylic acids is 1. The van der Waals surface area contributed by atoms with Gasteiger partial charge in [-0.1, -0.05) is 82.0 Å². The van der Waals surface area contributed by atoms with Crippen LogP contribution in [0.15, 0.2) is 12.2 Å². The van der Waals surface area contributed by atoms with Crippen molar-refractivity contribution in [3.05, 3.63) is 12.2 Å². The summed E-state index contributed by atoms with van der Waals surface area (Å²) in [5.41, 5.74) is 0. The second kappa shape index (κ2) is 23.8. The molecule has 0 bridgehead atoms. The highest BCUT2D eigenvalue weighted by Gasteiger charge is 1.95. The van der Waals surface area contributed by atoms with Crippen molar-refractivity contribution in [3.8, 4) is 0 Å². The van der Waals surface area contributed by atoms with Gasteiger partial charge in [-0.05, 0) is 32.1 Å². The van der Waals surface area contributed by atoms with Gasteiger partial charge in [0, 0.05) is 6.42 Å². The molecule has 0 heterocycles. The highest BCUT2D eigenvalue weighted by molar-refractivity contribution is 6.17. The average Bonchev–Trinajstić information content (AvgIpc) is 2.58. The number of allylic oxidation sites excluding steroid dienone is 2. The summed E-state index contributed by atoms with van der Waals surface area (Å²) in [7, 11) is 0. The van der Waals surface area contributed by atoms with Crippen molar-refractivity contribution in [3.63, 3.8) is 0 Å². The van der Waals surface area contributed by atoms with Crippen LogP contribution in [-0.2, 0) is 9.53 Å². The first-order valence-corrected chi connectivity index (χ1v) is 10.4. The average molecular weight is 393 g/mol. The van der Waals surface area contributed by atoms with E-state index in [-0.39, 0.29) is 6.07 Å². The molecule has 0 spiro atoms. The van der Waals surface area contributed by atoms with Gasteiger partial charge in [-0.2, -0.15) is 0 Å². The maximum absolute atomic E-state index is 10.3. The largest absolute Gasteiger partial charge is 0.506 e. The molecule has 0 fully saturated rings. The third-order valence-electron chi connectivity index (χ3n) is 3.83. The molecule has 0 radical (unpaired) electrons. The van der Waals surface area contributed by atoms with Crippen LogP contribution < -0.4 is 0 Å². The number of rotatable bonds is 16. The molecule has 0 aromatic heterocycles. The molecular formula is C20H37ClO5. The van der Waals surface area contributed by atoms with E-state index in [1.807, 2.05) is 0 Å². The first-order valence-electron chi connectivity index (χ1n) is 9.83. The van der Waals surface area contributed by atoms with Gasteiger partial charge in [-0.3, -0.25) is 4.79 Å². The van der Waals surface area contributed by atoms with E-state index in [4.69, 9.17) is 21.8 Å². The van der Waals surface area contributed by atoms with Crippen molar-refractivity contribution in [2.75, 3.05) is 6.07 Å². The van der Waals surface area contributed by atoms with Crippen molar-refractivity contribution in [2.45, 2.75) is 96.8 Å². The Morgan fingerprint density at radius 1 is 0.808 bits per heavy atom. The Bertz CT molecular complexity index is 345. The maximum atomic E-state index is 10.3. The normalized spacial score (nSPS) is 10.4. The fourth-order valence-electron chi connectivity index (χ4n) is 2.39. The fraction of sp³-hybridized carbons (Fsp3) is 0.800. The van der Waals surface area contributed by atoms with E-state index in [1.165, 1.54) is 70.6 Å². The summed E-state index contributed by atoms with van der Waals surface area (Å²) in [5.74, 6) is -0.664. The summed E-state index contributed by atoms with van der Waals surface area (Å²) in [6.07, 6.45) is 19.9. The van der Waals surface area contributed by atoms with Crippen molar-refractivity contribution >= 4 is 23.7 Å². The third-order valence-corrected chi connectivity index (χ3v) is 3.94. The molecule has 26 heavy (non-hydrogen) atoms. The number of carboxylic acids is 1. The lowest BCUT2D eigenvalue weighted by Gasteiger charge is -1.99. The SMILES string of the molecule is CCCCCCCC/C=C/CCCCCCCC(=O)O.O=C(O)OCCl. The van der Waals surface area contributed by atoms with E-state index in [1.54, 1.807) is 0 Å². The van der Waals surface area contributed by atoms with E-state index in [2.05, 4.69) is 23.8 Å². The molecule has 2 N–H and O–H groups in total. The van der Waals surface area contributed by atoms with E-state index in [0.29, 0.717) is 6.42 Å². The zero-order valence-corrected chi connectivity index (χ0v) is 17.0. The van der Waals surface area contributed by atoms with E-state index < -0.39 is 12.1 Å². The number of hydrogen-bond donors (Lipinski definition) is 2. The van der Waals surface area contributed by atoms with Crippen LogP contribution in [0.1, 0.15) is 96.8 Å². The molecule has 0 saturated carbocycles. The Morgan fingerprint density at radius 2 is 1.27 bits per heavy atom. The number of carboxylic acid groups (broad SMARTS) is 2. The van der Waals surface area contributed by atoms with Gasteiger partial charge in [0.25, 0.3) is 0 Å². The molecule has 0 aromatic rings. The molecule has 5 nitrogen and oxygen atoms in total. The smallest absolute Gasteiger partial charge is 0.481 e. The van der Waals surface area contributed by atoms with Crippen LogP contribution in [0.25, 0.3) is 0 Å². The van der Waals surface area contributed by atoms with Crippen LogP contribution >= 0.6 is 11.6 Å². The van der Waals surface area contributed by atoms with Gasteiger partial charge in [0.2, 0.25) is 0 Å². The van der Waals surface area contributed by atoms with Crippen LogP contribution in [0.3, 0.4) is 0 Å². The van der Waals surface area contributed by atoms with Crippen LogP contribution in [0.5, 0.6) is 0 Å². The zero-order valence-electron chi connectivity index (χ0n) is 16.3. The molecule has 0 rings (SSSR count). The van der Waals surface area contributed by atoms with Gasteiger partial charge in [0.05, 0.1) is 0 Å². The molecule has 0 amide bonds. The molecule has 0 aliphatic rings. The lowest BCUT2D eigenvalue weighted by molar-refractivity contribution is -0.137. The van der Waals surface area contributed by atoms with Crippen LogP contribution in [0, 0.1) is 0 Å². The van der Waals surface area contributed by atoms with Crippen molar-refractivity contribution < 1.29 is 24.5 Å². The van der Waals surface area contributed by atoms with Crippen molar-refractivity contribution in [1.82, 2.24) is 0 Å². The van der Waals surface area contributed by atoms with E-state index >= 15 is 0 Å². The topological polar surface area (TPSA) is 83.8 Å². The van der Waals surface area contributed by atoms with Crippen LogP contribution in [0.4, 0.5) is 4.79 Å². The summed E-state index contributed by atoms with van der Waals surface area (Å²) < 4.78 is 3.72. The minimum atomic E-state index is -1.34. The first-order chi connectivity index (χ1) is 12.5. The molecule has 154 valence electrons. The quantitative estimate of drug-likeness (QED) is 0.128. The molecular weight excluding hydrogens is 356 g/mol. The summed E-state index contributed by atoms with van der Waals surface area (Å²) in [5, 5.41) is 16.1. The molecule has 0 aliphatic heterocycles. The maximum Gasteiger partial charge on any atom is 0.506 e. The Balaban J connectivity index is 0. The first kappa shape index (κ1) is 27.0. The number of halogens is 1. The van der Waals surface area contributed by atoms with Crippen LogP contribution in [-0.4, -0.2) is 28.4 Å². The van der Waals surface area contributed by atoms with Gasteiger partial charge in [0.1, 0.15) is 0 Å². The highest BCUT2D eigenvalue weighted by Crippen LogP contribution is 2.09. The monoisotopic (exact) mass is 392 g/mol. The second-order valence-electron chi connectivity index (χ2n) is 6.25. The third kappa shape index (κ3) is 30.6. The van der Waals surface area contributed by atoms with Gasteiger partial charge in [-0.25, -0.2) is 4.79 Å². The lowest BCUT2D eigenvalue weighted by Crippen LogP contribution is -1.95. The summed E-state index contributed by atoms with van der Waals surface area (Å²) in [4.78, 5) is 19.6. The zero-order chi connectivity index (χ0) is 19.9. The van der Waals surface area contributed by atoms with E-state index in [0.717, 1.165) is 12.8 Å². The highest BCUT2D eigenvalue weighted by atomic mass is 35.5. The Labute approximate surface area is 163 Å². The predicted octanol–water partition coefficient (Wildman–Crippen LogP) is 6.99. The summed E-state index contributed by atoms with van der Waals surface area (Å²) in [6.45, 7) is 2.26. The van der Waals surface area contributed by atoms with Gasteiger partial charge in [0.15, 0.2) is 6.07 Å². The number of ether oxygens (including phenoxy) is 1. The van der Waals surface area contributed by atoms with Crippen LogP contribution in [0.2, 0.25) is 0 Å². The Hall–Kier alpha value is -1.23. The minimum Gasteiger partial charge on any atom is -0.481 e. The van der Waals surface area contributed by atoms with Gasteiger partial charge < -0.3 is 14.9 Å². The number of carbonyl (C=O) groups is 2. The van der Waals surface area contributed by atoms with Crippen molar-refractivity contribution in [2.24, 2.45) is 0 Å². The number of hydrogen-bond acceptors (Lipinski definition) is 3. The Kier molecular flexibility index (Phi) is 24.7. The molecule has 0 atom stereocenters. The minimum absolute atomic E-state index is 0.296. The van der Waals surface area contributed by atoms with Gasteiger partial charge >= 0.3 is 12.1 Å². The summed E-state index contributed by atoms with van der Waals surface area (Å²) in [6, 6.07) is -0.296. The molecule has 0 saturated heterocycles. The molecule has 6 heteroatoms. The summed E-state index contributed by atoms with van der Waals surface area (Å²) >= 11 is 4.79. The van der Waals surface area contributed by atoms with E-state index in [9.17, 15) is 9.59 Å². The fourth-order valence-corrected chi connectivity index (χ4v) is 2.49. The second-order valence-corrected chi connectivity index (χ2v) is 6.47. The predicted molar refractivity (Wildman–Crippen MR) is 107 cm³/mol. The molecule has 0 aliphatic carbocycles. The molecule has 0 unspecified atom stereocenters. The number of unbranched alkanes of at least 4 members (excludes halogenated alkanes) is 11. The lowest BCUT2D eigenvalue weighted by atomic mass is 10.1. The Morgan fingerprint density at radius 3 is 1.65 bits per heavy atom. The standard InChI is InChI=1S/C18H34O2.C2H3ClO3/c1-2-3-4-5-6-7-8-9-10-11-12-13-14-15-16-17-18(19)20;3-1-6-2(4)5/h9-10H,2-8,11-17H2,1H3,(H,19,20);1H2,(H,4,5)/b10-9+;. The number of alkyl halides is 1. The van der Waals surface area contributed by atoms with Crippen molar-refractivity contribution in [1.29, 1.82) is 0 Å². The molecule has 0 aromatic carbocycles.